The molecule has 0 aromatic heterocycles. The Hall–Kier alpha value is -2.06. The van der Waals surface area contributed by atoms with Gasteiger partial charge in [0.25, 0.3) is 0 Å². The molecule has 0 saturated carbocycles. The number of thioether (sulfide) groups is 1. The van der Waals surface area contributed by atoms with Gasteiger partial charge in [0.2, 0.25) is 0 Å². The molecular weight excluding hydrogens is 482 g/mol. The number of hydrogen-bond acceptors (Lipinski definition) is 2. The summed E-state index contributed by atoms with van der Waals surface area (Å²) in [7, 11) is 0. The summed E-state index contributed by atoms with van der Waals surface area (Å²) < 4.78 is 41.3. The predicted octanol–water partition coefficient (Wildman–Crippen LogP) is 7.29. The van der Waals surface area contributed by atoms with Gasteiger partial charge in [-0.25, -0.2) is 18.2 Å². The van der Waals surface area contributed by atoms with Crippen LogP contribution in [-0.4, -0.2) is 5.71 Å². The van der Waals surface area contributed by atoms with Gasteiger partial charge in [-0.1, -0.05) is 23.9 Å². The molecule has 0 heterocycles. The Labute approximate surface area is 173 Å². The van der Waals surface area contributed by atoms with Crippen LogP contribution in [0.2, 0.25) is 0 Å². The first-order chi connectivity index (χ1) is 13.0. The number of nitrogens with zero attached hydrogens (tertiary/aromatic N) is 1. The summed E-state index contributed by atoms with van der Waals surface area (Å²) in [6, 6.07) is 18.1. The second kappa shape index (κ2) is 9.23. The zero-order valence-corrected chi connectivity index (χ0v) is 16.8. The van der Waals surface area contributed by atoms with E-state index in [1.165, 1.54) is 54.2 Å². The predicted molar refractivity (Wildman–Crippen MR) is 113 cm³/mol. The third-order valence-corrected chi connectivity index (χ3v) is 5.68. The van der Waals surface area contributed by atoms with Crippen LogP contribution in [0, 0.1) is 17.5 Å². The van der Waals surface area contributed by atoms with Crippen molar-refractivity contribution in [1.82, 2.24) is 0 Å². The average molecular weight is 495 g/mol. The van der Waals surface area contributed by atoms with E-state index < -0.39 is 5.82 Å². The van der Waals surface area contributed by atoms with Crippen LogP contribution in [0.3, 0.4) is 0 Å². The van der Waals surface area contributed by atoms with Gasteiger partial charge in [0.05, 0.1) is 11.4 Å². The second-order valence-electron chi connectivity index (χ2n) is 5.45. The average Bonchev–Trinajstić information content (AvgIpc) is 2.67. The maximum atomic E-state index is 14.4. The molecule has 0 atom stereocenters. The molecule has 6 heteroatoms. The van der Waals surface area contributed by atoms with E-state index in [-0.39, 0.29) is 11.6 Å². The first kappa shape index (κ1) is 19.7. The van der Waals surface area contributed by atoms with Gasteiger partial charge in [-0.15, -0.1) is 0 Å². The summed E-state index contributed by atoms with van der Waals surface area (Å²) in [6.45, 7) is 0. The quantitative estimate of drug-likeness (QED) is 0.206. The van der Waals surface area contributed by atoms with Crippen molar-refractivity contribution in [2.45, 2.75) is 4.90 Å². The molecule has 0 aliphatic heterocycles. The molecule has 0 aliphatic rings. The largest absolute Gasteiger partial charge is 0.247 e. The van der Waals surface area contributed by atoms with Gasteiger partial charge in [0.1, 0.15) is 17.5 Å². The Morgan fingerprint density at radius 2 is 1.41 bits per heavy atom. The minimum atomic E-state index is -0.396. The Balaban J connectivity index is 1.98. The monoisotopic (exact) mass is 495 g/mol. The smallest absolute Gasteiger partial charge is 0.132 e. The summed E-state index contributed by atoms with van der Waals surface area (Å²) in [6.07, 6.45) is 0. The van der Waals surface area contributed by atoms with E-state index in [1.54, 1.807) is 30.3 Å². The molecule has 0 radical (unpaired) electrons. The molecule has 0 bridgehead atoms. The van der Waals surface area contributed by atoms with Gasteiger partial charge in [-0.05, 0) is 88.7 Å². The van der Waals surface area contributed by atoms with Crippen LogP contribution in [0.5, 0.6) is 0 Å². The van der Waals surface area contributed by atoms with Crippen LogP contribution in [-0.2, 0) is 0 Å². The molecule has 0 unspecified atom stereocenters. The van der Waals surface area contributed by atoms with Gasteiger partial charge in [0, 0.05) is 14.0 Å². The number of allylic oxidation sites excluding steroid dienone is 1. The number of rotatable bonds is 5. The van der Waals surface area contributed by atoms with Gasteiger partial charge in [-0.2, -0.15) is 0 Å². The molecule has 1 nitrogen and oxygen atoms in total. The third-order valence-electron chi connectivity index (χ3n) is 3.53. The Kier molecular flexibility index (Phi) is 6.73. The van der Waals surface area contributed by atoms with Crippen LogP contribution in [0.15, 0.2) is 91.7 Å². The Morgan fingerprint density at radius 3 is 2.04 bits per heavy atom. The van der Waals surface area contributed by atoms with Crippen LogP contribution in [0.25, 0.3) is 0 Å². The highest BCUT2D eigenvalue weighted by molar-refractivity contribution is 14.1. The van der Waals surface area contributed by atoms with Gasteiger partial charge in [-0.3, -0.25) is 0 Å². The normalized spacial score (nSPS) is 12.3. The summed E-state index contributed by atoms with van der Waals surface area (Å²) in [5.41, 5.74) is 1.31. The van der Waals surface area contributed by atoms with Crippen LogP contribution in [0.1, 0.15) is 5.56 Å². The highest BCUT2D eigenvalue weighted by Gasteiger charge is 2.13. The molecule has 0 amide bonds. The van der Waals surface area contributed by atoms with Crippen molar-refractivity contribution in [3.8, 4) is 0 Å². The second-order valence-corrected chi connectivity index (χ2v) is 7.56. The Bertz CT molecular complexity index is 983. The number of benzene rings is 3. The van der Waals surface area contributed by atoms with Gasteiger partial charge >= 0.3 is 0 Å². The lowest BCUT2D eigenvalue weighted by atomic mass is 10.1. The molecule has 0 aliphatic carbocycles. The van der Waals surface area contributed by atoms with E-state index in [9.17, 15) is 13.2 Å². The van der Waals surface area contributed by atoms with E-state index in [4.69, 9.17) is 0 Å². The van der Waals surface area contributed by atoms with Crippen LogP contribution < -0.4 is 0 Å². The summed E-state index contributed by atoms with van der Waals surface area (Å²) in [5, 5.41) is 1.82. The molecule has 136 valence electrons. The number of halogens is 4. The van der Waals surface area contributed by atoms with Crippen LogP contribution in [0.4, 0.5) is 18.9 Å². The van der Waals surface area contributed by atoms with Crippen molar-refractivity contribution in [1.29, 1.82) is 0 Å². The maximum Gasteiger partial charge on any atom is 0.132 e. The third kappa shape index (κ3) is 5.46. The van der Waals surface area contributed by atoms with Crippen molar-refractivity contribution in [2.24, 2.45) is 4.99 Å². The lowest BCUT2D eigenvalue weighted by Crippen LogP contribution is -2.03. The maximum absolute atomic E-state index is 14.4. The molecule has 0 N–H and O–H groups in total. The van der Waals surface area contributed by atoms with Crippen LogP contribution >= 0.6 is 34.4 Å². The van der Waals surface area contributed by atoms with E-state index in [1.807, 2.05) is 5.41 Å². The lowest BCUT2D eigenvalue weighted by Gasteiger charge is -2.08. The molecule has 27 heavy (non-hydrogen) atoms. The van der Waals surface area contributed by atoms with E-state index >= 15 is 0 Å². The minimum Gasteiger partial charge on any atom is -0.247 e. The zero-order valence-electron chi connectivity index (χ0n) is 13.9. The fourth-order valence-electron chi connectivity index (χ4n) is 2.23. The number of hydrogen-bond donors (Lipinski definition) is 0. The topological polar surface area (TPSA) is 12.4 Å². The highest BCUT2D eigenvalue weighted by Crippen LogP contribution is 2.28. The molecule has 0 spiro atoms. The fraction of sp³-hybridized carbons (Fsp3) is 0. The first-order valence-electron chi connectivity index (χ1n) is 7.90. The zero-order chi connectivity index (χ0) is 19.2. The van der Waals surface area contributed by atoms with Gasteiger partial charge < -0.3 is 0 Å². The van der Waals surface area contributed by atoms with Crippen molar-refractivity contribution in [3.63, 3.8) is 0 Å². The summed E-state index contributed by atoms with van der Waals surface area (Å²) in [4.78, 5) is 5.37. The van der Waals surface area contributed by atoms with Crippen molar-refractivity contribution < 1.29 is 13.2 Å². The molecule has 0 fully saturated rings. The first-order valence-corrected chi connectivity index (χ1v) is 9.86. The van der Waals surface area contributed by atoms with E-state index in [2.05, 4.69) is 27.6 Å². The molecule has 3 aromatic carbocycles. The van der Waals surface area contributed by atoms with Crippen molar-refractivity contribution in [2.75, 3.05) is 0 Å². The van der Waals surface area contributed by atoms with E-state index in [0.717, 1.165) is 4.90 Å². The van der Waals surface area contributed by atoms with Crippen molar-refractivity contribution in [3.05, 3.63) is 105 Å². The molecule has 3 rings (SSSR count). The van der Waals surface area contributed by atoms with Gasteiger partial charge in [0.15, 0.2) is 0 Å². The molecule has 3 aromatic rings. The Morgan fingerprint density at radius 1 is 0.815 bits per heavy atom. The standard InChI is InChI=1S/C21H13F3INS/c22-14-5-9-16(10-6-14)26-21(18-3-1-2-4-19(18)24)20(25)13-27-17-11-7-15(23)8-12-17/h1-13H. The molecular formula is C21H13F3INS. The minimum absolute atomic E-state index is 0.303. The summed E-state index contributed by atoms with van der Waals surface area (Å²) >= 11 is 3.46. The van der Waals surface area contributed by atoms with E-state index in [0.29, 0.717) is 20.5 Å². The molecule has 0 saturated heterocycles. The van der Waals surface area contributed by atoms with Crippen molar-refractivity contribution >= 4 is 45.8 Å². The SMILES string of the molecule is Fc1ccc(N=C(C(I)=CSc2ccc(F)cc2)c2ccccc2F)cc1. The highest BCUT2D eigenvalue weighted by atomic mass is 127. The fourth-order valence-corrected chi connectivity index (χ4v) is 3.67. The lowest BCUT2D eigenvalue weighted by molar-refractivity contribution is 0.625. The number of aliphatic imine (C=N–C) groups is 1. The summed E-state index contributed by atoms with van der Waals surface area (Å²) in [5.74, 6) is -1.06.